The molecule has 0 rings (SSSR count). The number of unbranched alkanes of at least 4 members (excludes halogenated alkanes) is 40. The average Bonchev–Trinajstić information content (AvgIpc) is 3.28. The number of amides is 1. The van der Waals surface area contributed by atoms with E-state index in [4.69, 9.17) is 4.74 Å². The van der Waals surface area contributed by atoms with Crippen LogP contribution >= 0.6 is 0 Å². The van der Waals surface area contributed by atoms with Crippen LogP contribution < -0.4 is 5.32 Å². The molecule has 0 radical (unpaired) electrons. The molecule has 0 bridgehead atoms. The Labute approximate surface area is 393 Å². The smallest absolute Gasteiger partial charge is 0.305 e. The van der Waals surface area contributed by atoms with E-state index in [2.05, 4.69) is 31.3 Å². The van der Waals surface area contributed by atoms with Gasteiger partial charge in [-0.25, -0.2) is 0 Å². The molecule has 0 aromatic carbocycles. The summed E-state index contributed by atoms with van der Waals surface area (Å²) in [4.78, 5) is 24.5. The van der Waals surface area contributed by atoms with Gasteiger partial charge in [-0.3, -0.25) is 9.59 Å². The second-order valence-electron chi connectivity index (χ2n) is 19.6. The predicted octanol–water partition coefficient (Wildman–Crippen LogP) is 17.3. The molecule has 2 unspecified atom stereocenters. The summed E-state index contributed by atoms with van der Waals surface area (Å²) in [6.07, 6.45) is 62.0. The maximum atomic E-state index is 12.4. The van der Waals surface area contributed by atoms with E-state index in [-0.39, 0.29) is 18.5 Å². The van der Waals surface area contributed by atoms with Crippen molar-refractivity contribution in [3.05, 3.63) is 12.2 Å². The molecule has 6 heteroatoms. The first kappa shape index (κ1) is 61.6. The number of esters is 1. The van der Waals surface area contributed by atoms with Gasteiger partial charge in [0, 0.05) is 12.8 Å². The van der Waals surface area contributed by atoms with E-state index in [1.165, 1.54) is 231 Å². The molecular weight excluding hydrogens is 779 g/mol. The van der Waals surface area contributed by atoms with Crippen molar-refractivity contribution in [3.63, 3.8) is 0 Å². The van der Waals surface area contributed by atoms with E-state index in [0.29, 0.717) is 25.9 Å². The van der Waals surface area contributed by atoms with Crippen LogP contribution in [0.5, 0.6) is 0 Å². The van der Waals surface area contributed by atoms with Gasteiger partial charge in [0.25, 0.3) is 0 Å². The summed E-state index contributed by atoms with van der Waals surface area (Å²) < 4.78 is 5.48. The van der Waals surface area contributed by atoms with Crippen molar-refractivity contribution < 1.29 is 24.5 Å². The van der Waals surface area contributed by atoms with Gasteiger partial charge >= 0.3 is 5.97 Å². The van der Waals surface area contributed by atoms with Gasteiger partial charge in [-0.15, -0.1) is 0 Å². The van der Waals surface area contributed by atoms with Crippen LogP contribution in [0, 0.1) is 0 Å². The van der Waals surface area contributed by atoms with E-state index < -0.39 is 12.1 Å². The Hall–Kier alpha value is -1.40. The molecule has 0 spiro atoms. The van der Waals surface area contributed by atoms with Gasteiger partial charge in [-0.2, -0.15) is 0 Å². The Bertz CT molecular complexity index is 939. The summed E-state index contributed by atoms with van der Waals surface area (Å²) in [5.41, 5.74) is 0. The Morgan fingerprint density at radius 1 is 0.429 bits per heavy atom. The van der Waals surface area contributed by atoms with Crippen LogP contribution in [-0.2, 0) is 14.3 Å². The quantitative estimate of drug-likeness (QED) is 0.0321. The van der Waals surface area contributed by atoms with Crippen LogP contribution in [0.3, 0.4) is 0 Å². The van der Waals surface area contributed by atoms with Gasteiger partial charge in [-0.05, 0) is 51.4 Å². The molecule has 1 amide bonds. The van der Waals surface area contributed by atoms with Crippen molar-refractivity contribution in [2.24, 2.45) is 0 Å². The zero-order chi connectivity index (χ0) is 45.8. The largest absolute Gasteiger partial charge is 0.466 e. The highest BCUT2D eigenvalue weighted by Crippen LogP contribution is 2.17. The van der Waals surface area contributed by atoms with E-state index in [0.717, 1.165) is 51.4 Å². The van der Waals surface area contributed by atoms with Gasteiger partial charge in [0.05, 0.1) is 25.4 Å². The normalized spacial score (nSPS) is 12.6. The molecule has 0 saturated carbocycles. The molecule has 6 nitrogen and oxygen atoms in total. The molecular formula is C57H111NO5. The summed E-state index contributed by atoms with van der Waals surface area (Å²) in [6.45, 7) is 4.94. The zero-order valence-electron chi connectivity index (χ0n) is 42.6. The van der Waals surface area contributed by atoms with Crippen molar-refractivity contribution in [2.45, 2.75) is 328 Å². The van der Waals surface area contributed by atoms with Crippen molar-refractivity contribution in [1.82, 2.24) is 5.32 Å². The molecule has 0 saturated heterocycles. The summed E-state index contributed by atoms with van der Waals surface area (Å²) in [5.74, 6) is -0.0440. The van der Waals surface area contributed by atoms with Gasteiger partial charge in [0.15, 0.2) is 0 Å². The minimum absolute atomic E-state index is 0.00247. The molecule has 374 valence electrons. The van der Waals surface area contributed by atoms with Crippen molar-refractivity contribution in [3.8, 4) is 0 Å². The highest BCUT2D eigenvalue weighted by atomic mass is 16.5. The molecule has 0 aliphatic heterocycles. The van der Waals surface area contributed by atoms with Gasteiger partial charge in [0.1, 0.15) is 0 Å². The predicted molar refractivity (Wildman–Crippen MR) is 273 cm³/mol. The second-order valence-corrected chi connectivity index (χ2v) is 19.6. The number of nitrogens with one attached hydrogen (secondary N) is 1. The number of allylic oxidation sites excluding steroid dienone is 2. The van der Waals surface area contributed by atoms with Crippen LogP contribution in [0.25, 0.3) is 0 Å². The van der Waals surface area contributed by atoms with Crippen LogP contribution in [-0.4, -0.2) is 47.4 Å². The topological polar surface area (TPSA) is 95.9 Å². The monoisotopic (exact) mass is 890 g/mol. The van der Waals surface area contributed by atoms with Gasteiger partial charge < -0.3 is 20.3 Å². The van der Waals surface area contributed by atoms with E-state index in [1.807, 2.05) is 0 Å². The van der Waals surface area contributed by atoms with Crippen LogP contribution in [0.1, 0.15) is 316 Å². The zero-order valence-corrected chi connectivity index (χ0v) is 42.6. The van der Waals surface area contributed by atoms with Crippen molar-refractivity contribution in [2.75, 3.05) is 13.2 Å². The Morgan fingerprint density at radius 2 is 0.746 bits per heavy atom. The average molecular weight is 891 g/mol. The Morgan fingerprint density at radius 3 is 1.13 bits per heavy atom. The highest BCUT2D eigenvalue weighted by molar-refractivity contribution is 5.76. The summed E-state index contributed by atoms with van der Waals surface area (Å²) in [6, 6.07) is -0.548. The van der Waals surface area contributed by atoms with Crippen LogP contribution in [0.15, 0.2) is 12.2 Å². The minimum atomic E-state index is -0.670. The minimum Gasteiger partial charge on any atom is -0.466 e. The Balaban J connectivity index is 3.42. The number of aliphatic hydroxyl groups excluding tert-OH is 2. The third-order valence-corrected chi connectivity index (χ3v) is 13.3. The molecule has 0 aliphatic carbocycles. The second kappa shape index (κ2) is 53.2. The highest BCUT2D eigenvalue weighted by Gasteiger charge is 2.20. The lowest BCUT2D eigenvalue weighted by atomic mass is 10.0. The van der Waals surface area contributed by atoms with Crippen LogP contribution in [0.2, 0.25) is 0 Å². The number of carbonyl (C=O) groups excluding carboxylic acids is 2. The molecule has 0 aromatic heterocycles. The fourth-order valence-corrected chi connectivity index (χ4v) is 8.93. The summed E-state index contributed by atoms with van der Waals surface area (Å²) >= 11 is 0. The van der Waals surface area contributed by atoms with E-state index >= 15 is 0 Å². The van der Waals surface area contributed by atoms with Crippen LogP contribution in [0.4, 0.5) is 0 Å². The van der Waals surface area contributed by atoms with Gasteiger partial charge in [-0.1, -0.05) is 264 Å². The first-order valence-corrected chi connectivity index (χ1v) is 28.4. The summed E-state index contributed by atoms with van der Waals surface area (Å²) in [5, 5.41) is 23.2. The third-order valence-electron chi connectivity index (χ3n) is 13.3. The first-order chi connectivity index (χ1) is 31.0. The van der Waals surface area contributed by atoms with Crippen molar-refractivity contribution in [1.29, 1.82) is 0 Å². The lowest BCUT2D eigenvalue weighted by molar-refractivity contribution is -0.143. The maximum Gasteiger partial charge on any atom is 0.305 e. The molecule has 0 heterocycles. The molecule has 0 fully saturated rings. The first-order valence-electron chi connectivity index (χ1n) is 28.4. The molecule has 2 atom stereocenters. The fourth-order valence-electron chi connectivity index (χ4n) is 8.93. The number of hydrogen-bond acceptors (Lipinski definition) is 5. The van der Waals surface area contributed by atoms with Crippen molar-refractivity contribution >= 4 is 11.9 Å². The standard InChI is InChI=1S/C57H111NO5/c1-3-5-7-9-11-13-15-17-18-20-24-27-31-35-39-43-47-51-57(62)63-52-48-44-40-36-32-28-25-22-19-21-23-26-30-34-38-42-46-50-56(61)58-54(53-59)55(60)49-45-41-37-33-29-16-14-12-10-8-6-4-2/h19,22,54-55,59-60H,3-18,20-21,23-53H2,1-2H3,(H,58,61)/b22-19-. The lowest BCUT2D eigenvalue weighted by Crippen LogP contribution is -2.45. The number of aliphatic hydroxyl groups is 2. The van der Waals surface area contributed by atoms with Gasteiger partial charge in [0.2, 0.25) is 5.91 Å². The maximum absolute atomic E-state index is 12.4. The Kier molecular flexibility index (Phi) is 52.0. The van der Waals surface area contributed by atoms with E-state index in [1.54, 1.807) is 0 Å². The fraction of sp³-hybridized carbons (Fsp3) is 0.930. The molecule has 3 N–H and O–H groups in total. The number of ether oxygens (including phenoxy) is 1. The SMILES string of the molecule is CCCCCCCCCCCCCCCCCCCC(=O)OCCCCCCCC/C=C\CCCCCCCCCC(=O)NC(CO)C(O)CCCCCCCCCCCCCC. The number of rotatable bonds is 53. The molecule has 63 heavy (non-hydrogen) atoms. The number of hydrogen-bond donors (Lipinski definition) is 3. The lowest BCUT2D eigenvalue weighted by Gasteiger charge is -2.22. The van der Waals surface area contributed by atoms with E-state index in [9.17, 15) is 19.8 Å². The third kappa shape index (κ3) is 49.9. The molecule has 0 aliphatic rings. The molecule has 0 aromatic rings. The summed E-state index contributed by atoms with van der Waals surface area (Å²) in [7, 11) is 0. The number of carbonyl (C=O) groups is 2.